The largest absolute Gasteiger partial charge is 0.263 e. The van der Waals surface area contributed by atoms with E-state index in [0.717, 1.165) is 0 Å². The quantitative estimate of drug-likeness (QED) is 0.736. The zero-order valence-electron chi connectivity index (χ0n) is 11.8. The van der Waals surface area contributed by atoms with Gasteiger partial charge in [-0.1, -0.05) is 0 Å². The maximum Gasteiger partial charge on any atom is 0.242 e. The first-order valence-electron chi connectivity index (χ1n) is 6.61. The van der Waals surface area contributed by atoms with Gasteiger partial charge in [0.05, 0.1) is 6.54 Å². The van der Waals surface area contributed by atoms with Gasteiger partial charge in [-0.2, -0.15) is 5.10 Å². The number of aromatic nitrogens is 4. The molecule has 2 N–H and O–H groups in total. The molecule has 3 rings (SSSR count). The number of halogens is 1. The van der Waals surface area contributed by atoms with E-state index in [2.05, 4.69) is 24.9 Å². The van der Waals surface area contributed by atoms with Crippen LogP contribution in [0, 0.1) is 5.82 Å². The standard InChI is InChI=1S/C14H12FN5O2S/c15-11-5-3-10(4-6-11)14-18-13(19-20-14)9-17-23(21,22)12-2-1-7-16-8-12/h1-8,17H,9H2,(H,18,19,20). The molecule has 7 nitrogen and oxygen atoms in total. The molecule has 23 heavy (non-hydrogen) atoms. The highest BCUT2D eigenvalue weighted by Gasteiger charge is 2.15. The van der Waals surface area contributed by atoms with Gasteiger partial charge < -0.3 is 0 Å². The smallest absolute Gasteiger partial charge is 0.242 e. The molecule has 0 unspecified atom stereocenters. The molecule has 9 heteroatoms. The number of aromatic amines is 1. The van der Waals surface area contributed by atoms with Gasteiger partial charge in [0.2, 0.25) is 10.0 Å². The number of benzene rings is 1. The maximum atomic E-state index is 12.9. The molecule has 0 amide bonds. The molecule has 118 valence electrons. The van der Waals surface area contributed by atoms with Gasteiger partial charge in [0.25, 0.3) is 0 Å². The summed E-state index contributed by atoms with van der Waals surface area (Å²) in [5, 5.41) is 6.63. The number of nitrogens with one attached hydrogen (secondary N) is 2. The number of hydrogen-bond donors (Lipinski definition) is 2. The van der Waals surface area contributed by atoms with Crippen molar-refractivity contribution in [2.75, 3.05) is 0 Å². The van der Waals surface area contributed by atoms with Crippen LogP contribution in [0.4, 0.5) is 4.39 Å². The molecule has 1 aromatic carbocycles. The van der Waals surface area contributed by atoms with Crippen molar-refractivity contribution in [3.63, 3.8) is 0 Å². The summed E-state index contributed by atoms with van der Waals surface area (Å²) in [6, 6.07) is 8.67. The van der Waals surface area contributed by atoms with Gasteiger partial charge in [0.15, 0.2) is 5.82 Å². The third-order valence-corrected chi connectivity index (χ3v) is 4.39. The summed E-state index contributed by atoms with van der Waals surface area (Å²) in [4.78, 5) is 8.01. The second-order valence-electron chi connectivity index (χ2n) is 4.63. The third kappa shape index (κ3) is 3.58. The molecule has 0 aliphatic rings. The summed E-state index contributed by atoms with van der Waals surface area (Å²) in [5.74, 6) is 0.353. The van der Waals surface area contributed by atoms with E-state index < -0.39 is 10.0 Å². The summed E-state index contributed by atoms with van der Waals surface area (Å²) in [6.45, 7) is -0.0502. The van der Waals surface area contributed by atoms with Crippen LogP contribution < -0.4 is 4.72 Å². The van der Waals surface area contributed by atoms with Crippen molar-refractivity contribution >= 4 is 10.0 Å². The molecular weight excluding hydrogens is 321 g/mol. The number of nitrogens with zero attached hydrogens (tertiary/aromatic N) is 3. The maximum absolute atomic E-state index is 12.9. The molecule has 0 fully saturated rings. The van der Waals surface area contributed by atoms with Crippen LogP contribution in [0.15, 0.2) is 53.7 Å². The van der Waals surface area contributed by atoms with Gasteiger partial charge in [-0.05, 0) is 36.4 Å². The Hall–Kier alpha value is -2.65. The summed E-state index contributed by atoms with van der Waals surface area (Å²) >= 11 is 0. The minimum absolute atomic E-state index is 0.0502. The third-order valence-electron chi connectivity index (χ3n) is 3.01. The van der Waals surface area contributed by atoms with E-state index in [-0.39, 0.29) is 17.3 Å². The summed E-state index contributed by atoms with van der Waals surface area (Å²) in [7, 11) is -3.67. The molecule has 2 heterocycles. The van der Waals surface area contributed by atoms with Crippen LogP contribution >= 0.6 is 0 Å². The van der Waals surface area contributed by atoms with Crippen LogP contribution in [0.5, 0.6) is 0 Å². The van der Waals surface area contributed by atoms with E-state index in [1.54, 1.807) is 12.1 Å². The van der Waals surface area contributed by atoms with Gasteiger partial charge in [-0.25, -0.2) is 22.5 Å². The molecule has 0 bridgehead atoms. The van der Waals surface area contributed by atoms with Crippen LogP contribution in [-0.4, -0.2) is 28.6 Å². The second kappa shape index (κ2) is 6.23. The Labute approximate surface area is 131 Å². The van der Waals surface area contributed by atoms with Crippen molar-refractivity contribution in [2.24, 2.45) is 0 Å². The number of hydrogen-bond acceptors (Lipinski definition) is 5. The van der Waals surface area contributed by atoms with Gasteiger partial charge in [0.1, 0.15) is 16.5 Å². The lowest BCUT2D eigenvalue weighted by Gasteiger charge is -2.03. The van der Waals surface area contributed by atoms with Crippen LogP contribution in [0.25, 0.3) is 11.4 Å². The van der Waals surface area contributed by atoms with Crippen molar-refractivity contribution in [3.8, 4) is 11.4 Å². The Bertz CT molecular complexity index is 894. The molecule has 0 saturated heterocycles. The Morgan fingerprint density at radius 1 is 1.17 bits per heavy atom. The first kappa shape index (κ1) is 15.3. The Kier molecular flexibility index (Phi) is 4.13. The Balaban J connectivity index is 1.71. The normalized spacial score (nSPS) is 11.5. The first-order chi connectivity index (χ1) is 11.0. The summed E-state index contributed by atoms with van der Waals surface area (Å²) in [5.41, 5.74) is 0.629. The van der Waals surface area contributed by atoms with Gasteiger partial charge in [-0.15, -0.1) is 0 Å². The number of rotatable bonds is 5. The lowest BCUT2D eigenvalue weighted by Crippen LogP contribution is -2.23. The Morgan fingerprint density at radius 2 is 1.96 bits per heavy atom. The highest BCUT2D eigenvalue weighted by Crippen LogP contribution is 2.15. The van der Waals surface area contributed by atoms with Crippen molar-refractivity contribution in [2.45, 2.75) is 11.4 Å². The number of H-pyrrole nitrogens is 1. The average Bonchev–Trinajstić information content (AvgIpc) is 3.04. The summed E-state index contributed by atoms with van der Waals surface area (Å²) in [6.07, 6.45) is 2.75. The fourth-order valence-corrected chi connectivity index (χ4v) is 2.81. The lowest BCUT2D eigenvalue weighted by molar-refractivity contribution is 0.579. The van der Waals surface area contributed by atoms with Gasteiger partial charge in [-0.3, -0.25) is 10.1 Å². The molecule has 0 atom stereocenters. The zero-order valence-corrected chi connectivity index (χ0v) is 12.6. The van der Waals surface area contributed by atoms with Crippen LogP contribution in [-0.2, 0) is 16.6 Å². The molecule has 3 aromatic rings. The minimum atomic E-state index is -3.67. The van der Waals surface area contributed by atoms with Crippen molar-refractivity contribution in [3.05, 3.63) is 60.4 Å². The average molecular weight is 333 g/mol. The fraction of sp³-hybridized carbons (Fsp3) is 0.0714. The highest BCUT2D eigenvalue weighted by molar-refractivity contribution is 7.89. The van der Waals surface area contributed by atoms with E-state index in [9.17, 15) is 12.8 Å². The predicted octanol–water partition coefficient (Wildman–Crippen LogP) is 1.48. The van der Waals surface area contributed by atoms with E-state index in [1.807, 2.05) is 0 Å². The van der Waals surface area contributed by atoms with E-state index >= 15 is 0 Å². The molecule has 0 aliphatic carbocycles. The van der Waals surface area contributed by atoms with Crippen LogP contribution in [0.3, 0.4) is 0 Å². The Morgan fingerprint density at radius 3 is 2.65 bits per heavy atom. The topological polar surface area (TPSA) is 101 Å². The van der Waals surface area contributed by atoms with E-state index in [1.165, 1.54) is 36.7 Å². The minimum Gasteiger partial charge on any atom is -0.263 e. The molecule has 0 spiro atoms. The van der Waals surface area contributed by atoms with Crippen molar-refractivity contribution in [1.82, 2.24) is 24.9 Å². The van der Waals surface area contributed by atoms with E-state index in [4.69, 9.17) is 0 Å². The first-order valence-corrected chi connectivity index (χ1v) is 8.10. The zero-order chi connectivity index (χ0) is 16.3. The van der Waals surface area contributed by atoms with Crippen LogP contribution in [0.1, 0.15) is 5.82 Å². The fourth-order valence-electron chi connectivity index (χ4n) is 1.86. The van der Waals surface area contributed by atoms with E-state index in [0.29, 0.717) is 17.2 Å². The monoisotopic (exact) mass is 333 g/mol. The predicted molar refractivity (Wildman–Crippen MR) is 80.0 cm³/mol. The number of pyridine rings is 1. The highest BCUT2D eigenvalue weighted by atomic mass is 32.2. The molecular formula is C14H12FN5O2S. The van der Waals surface area contributed by atoms with Crippen molar-refractivity contribution in [1.29, 1.82) is 0 Å². The lowest BCUT2D eigenvalue weighted by atomic mass is 10.2. The van der Waals surface area contributed by atoms with Crippen molar-refractivity contribution < 1.29 is 12.8 Å². The second-order valence-corrected chi connectivity index (χ2v) is 6.39. The van der Waals surface area contributed by atoms with Gasteiger partial charge >= 0.3 is 0 Å². The molecule has 2 aromatic heterocycles. The summed E-state index contributed by atoms with van der Waals surface area (Å²) < 4.78 is 39.4. The SMILES string of the molecule is O=S(=O)(NCc1nc(-c2ccc(F)cc2)n[nH]1)c1cccnc1. The van der Waals surface area contributed by atoms with Gasteiger partial charge in [0, 0.05) is 18.0 Å². The molecule has 0 radical (unpaired) electrons. The molecule has 0 aliphatic heterocycles. The number of sulfonamides is 1. The van der Waals surface area contributed by atoms with Crippen LogP contribution in [0.2, 0.25) is 0 Å². The molecule has 0 saturated carbocycles.